The Kier molecular flexibility index (Phi) is 45.7. The highest BCUT2D eigenvalue weighted by Crippen LogP contribution is 2.17. The molecule has 0 amide bonds. The largest absolute Gasteiger partial charge is 0.462 e. The van der Waals surface area contributed by atoms with Crippen LogP contribution in [0.3, 0.4) is 0 Å². The Bertz CT molecular complexity index is 916. The summed E-state index contributed by atoms with van der Waals surface area (Å²) in [5, 5.41) is 0. The van der Waals surface area contributed by atoms with Crippen molar-refractivity contribution in [3.05, 3.63) is 0 Å². The van der Waals surface area contributed by atoms with Gasteiger partial charge >= 0.3 is 17.9 Å². The third-order valence-corrected chi connectivity index (χ3v) is 12.2. The molecule has 0 unspecified atom stereocenters. The molecule has 60 heavy (non-hydrogen) atoms. The molecule has 0 aliphatic carbocycles. The maximum atomic E-state index is 12.8. The zero-order valence-corrected chi connectivity index (χ0v) is 41.1. The first-order chi connectivity index (χ1) is 29.2. The highest BCUT2D eigenvalue weighted by Gasteiger charge is 2.19. The fraction of sp³-hybridized carbons (Fsp3) is 0.944. The van der Waals surface area contributed by atoms with Gasteiger partial charge in [-0.05, 0) is 31.1 Å². The van der Waals surface area contributed by atoms with E-state index in [-0.39, 0.29) is 31.1 Å². The molecule has 0 aliphatic heterocycles. The van der Waals surface area contributed by atoms with Gasteiger partial charge in [-0.2, -0.15) is 0 Å². The van der Waals surface area contributed by atoms with E-state index in [1.54, 1.807) is 0 Å². The van der Waals surface area contributed by atoms with Crippen LogP contribution >= 0.6 is 0 Å². The molecule has 0 heterocycles. The van der Waals surface area contributed by atoms with Crippen molar-refractivity contribution in [2.45, 2.75) is 304 Å². The number of carbonyl (C=O) groups is 3. The molecule has 0 aliphatic rings. The molecule has 0 bridgehead atoms. The summed E-state index contributed by atoms with van der Waals surface area (Å²) in [6.45, 7) is 11.3. The number of hydrogen-bond acceptors (Lipinski definition) is 6. The molecule has 0 spiro atoms. The summed E-state index contributed by atoms with van der Waals surface area (Å²) in [7, 11) is 0. The Balaban J connectivity index is 4.27. The minimum Gasteiger partial charge on any atom is -0.462 e. The molecule has 0 saturated carbocycles. The van der Waals surface area contributed by atoms with Crippen LogP contribution in [0.4, 0.5) is 0 Å². The van der Waals surface area contributed by atoms with Gasteiger partial charge in [-0.1, -0.05) is 259 Å². The number of hydrogen-bond donors (Lipinski definition) is 0. The quantitative estimate of drug-likeness (QED) is 0.0345. The summed E-state index contributed by atoms with van der Waals surface area (Å²) in [4.78, 5) is 37.9. The van der Waals surface area contributed by atoms with E-state index in [1.807, 2.05) is 0 Å². The lowest BCUT2D eigenvalue weighted by molar-refractivity contribution is -0.167. The average molecular weight is 849 g/mol. The summed E-state index contributed by atoms with van der Waals surface area (Å²) in [5.41, 5.74) is 0. The number of ether oxygens (including phenoxy) is 3. The monoisotopic (exact) mass is 849 g/mol. The molecule has 0 rings (SSSR count). The van der Waals surface area contributed by atoms with Crippen LogP contribution in [0.1, 0.15) is 298 Å². The predicted molar refractivity (Wildman–Crippen MR) is 256 cm³/mol. The van der Waals surface area contributed by atoms with Crippen LogP contribution in [0.5, 0.6) is 0 Å². The van der Waals surface area contributed by atoms with E-state index < -0.39 is 6.10 Å². The Morgan fingerprint density at radius 1 is 0.317 bits per heavy atom. The van der Waals surface area contributed by atoms with Gasteiger partial charge in [0.2, 0.25) is 0 Å². The Labute approximate surface area is 374 Å². The number of esters is 3. The van der Waals surface area contributed by atoms with Crippen LogP contribution < -0.4 is 0 Å². The van der Waals surface area contributed by atoms with Crippen molar-refractivity contribution in [1.29, 1.82) is 0 Å². The molecule has 0 N–H and O–H groups in total. The minimum atomic E-state index is -0.762. The topological polar surface area (TPSA) is 78.9 Å². The number of carbonyl (C=O) groups excluding carboxylic acids is 3. The molecule has 6 nitrogen and oxygen atoms in total. The van der Waals surface area contributed by atoms with E-state index in [0.29, 0.717) is 19.3 Å². The standard InChI is InChI=1S/C54H104O6/c1-6-7-8-9-10-11-12-13-14-15-16-17-18-21-25-30-36-41-46-54(57)60-51(48-59-53(56)45-40-35-31-26-28-33-38-43-50(4)5)47-58-52(55)44-39-34-29-24-22-19-20-23-27-32-37-42-49(2)3/h49-51H,6-48H2,1-5H3/t51-/m1/s1. The summed E-state index contributed by atoms with van der Waals surface area (Å²) >= 11 is 0. The van der Waals surface area contributed by atoms with Gasteiger partial charge in [-0.3, -0.25) is 14.4 Å². The van der Waals surface area contributed by atoms with E-state index in [2.05, 4.69) is 34.6 Å². The lowest BCUT2D eigenvalue weighted by Gasteiger charge is -2.18. The van der Waals surface area contributed by atoms with Gasteiger partial charge in [-0.15, -0.1) is 0 Å². The van der Waals surface area contributed by atoms with Gasteiger partial charge in [0, 0.05) is 19.3 Å². The zero-order chi connectivity index (χ0) is 44.0. The summed E-state index contributed by atoms with van der Waals surface area (Å²) in [5.74, 6) is 0.759. The molecule has 0 aromatic heterocycles. The molecular formula is C54H104O6. The summed E-state index contributed by atoms with van der Waals surface area (Å²) < 4.78 is 16.8. The van der Waals surface area contributed by atoms with Crippen LogP contribution in [-0.2, 0) is 28.6 Å². The first kappa shape index (κ1) is 58.4. The van der Waals surface area contributed by atoms with Crippen molar-refractivity contribution >= 4 is 17.9 Å². The van der Waals surface area contributed by atoms with E-state index in [0.717, 1.165) is 69.6 Å². The van der Waals surface area contributed by atoms with E-state index >= 15 is 0 Å². The van der Waals surface area contributed by atoms with Crippen molar-refractivity contribution < 1.29 is 28.6 Å². The average Bonchev–Trinajstić information content (AvgIpc) is 3.22. The fourth-order valence-corrected chi connectivity index (χ4v) is 8.17. The van der Waals surface area contributed by atoms with Crippen LogP contribution in [0.15, 0.2) is 0 Å². The first-order valence-electron chi connectivity index (χ1n) is 26.7. The van der Waals surface area contributed by atoms with Gasteiger partial charge in [0.05, 0.1) is 0 Å². The highest BCUT2D eigenvalue weighted by atomic mass is 16.6. The third kappa shape index (κ3) is 47.5. The Morgan fingerprint density at radius 2 is 0.550 bits per heavy atom. The molecule has 356 valence electrons. The second-order valence-corrected chi connectivity index (χ2v) is 19.5. The van der Waals surface area contributed by atoms with Crippen molar-refractivity contribution in [2.75, 3.05) is 13.2 Å². The maximum Gasteiger partial charge on any atom is 0.306 e. The molecular weight excluding hydrogens is 745 g/mol. The van der Waals surface area contributed by atoms with Crippen molar-refractivity contribution in [1.82, 2.24) is 0 Å². The van der Waals surface area contributed by atoms with E-state index in [4.69, 9.17) is 14.2 Å². The van der Waals surface area contributed by atoms with Crippen molar-refractivity contribution in [2.24, 2.45) is 11.8 Å². The Morgan fingerprint density at radius 3 is 0.817 bits per heavy atom. The molecule has 0 saturated heterocycles. The van der Waals surface area contributed by atoms with Crippen LogP contribution in [-0.4, -0.2) is 37.2 Å². The number of rotatable bonds is 48. The molecule has 0 fully saturated rings. The predicted octanol–water partition coefficient (Wildman–Crippen LogP) is 17.3. The smallest absolute Gasteiger partial charge is 0.306 e. The Hall–Kier alpha value is -1.59. The second kappa shape index (κ2) is 46.9. The van der Waals surface area contributed by atoms with Gasteiger partial charge in [-0.25, -0.2) is 0 Å². The summed E-state index contributed by atoms with van der Waals surface area (Å²) in [6.07, 6.45) is 48.2. The third-order valence-electron chi connectivity index (χ3n) is 12.2. The highest BCUT2D eigenvalue weighted by molar-refractivity contribution is 5.71. The fourth-order valence-electron chi connectivity index (χ4n) is 8.17. The van der Waals surface area contributed by atoms with Gasteiger partial charge < -0.3 is 14.2 Å². The van der Waals surface area contributed by atoms with Crippen LogP contribution in [0.2, 0.25) is 0 Å². The summed E-state index contributed by atoms with van der Waals surface area (Å²) in [6, 6.07) is 0. The maximum absolute atomic E-state index is 12.8. The second-order valence-electron chi connectivity index (χ2n) is 19.5. The zero-order valence-electron chi connectivity index (χ0n) is 41.1. The van der Waals surface area contributed by atoms with Gasteiger partial charge in [0.1, 0.15) is 13.2 Å². The molecule has 6 heteroatoms. The lowest BCUT2D eigenvalue weighted by atomic mass is 10.0. The van der Waals surface area contributed by atoms with Crippen molar-refractivity contribution in [3.8, 4) is 0 Å². The first-order valence-corrected chi connectivity index (χ1v) is 26.7. The van der Waals surface area contributed by atoms with Gasteiger partial charge in [0.15, 0.2) is 6.10 Å². The van der Waals surface area contributed by atoms with E-state index in [9.17, 15) is 14.4 Å². The molecule has 0 aromatic carbocycles. The minimum absolute atomic E-state index is 0.0642. The van der Waals surface area contributed by atoms with Crippen molar-refractivity contribution in [3.63, 3.8) is 0 Å². The van der Waals surface area contributed by atoms with E-state index in [1.165, 1.54) is 186 Å². The lowest BCUT2D eigenvalue weighted by Crippen LogP contribution is -2.30. The van der Waals surface area contributed by atoms with Crippen LogP contribution in [0, 0.1) is 11.8 Å². The SMILES string of the molecule is CCCCCCCCCCCCCCCCCCCCC(=O)O[C@H](COC(=O)CCCCCCCCCCCCCC(C)C)COC(=O)CCCCCCCCCC(C)C. The molecule has 0 radical (unpaired) electrons. The van der Waals surface area contributed by atoms with Crippen LogP contribution in [0.25, 0.3) is 0 Å². The molecule has 0 aromatic rings. The van der Waals surface area contributed by atoms with Gasteiger partial charge in [0.25, 0.3) is 0 Å². The molecule has 1 atom stereocenters. The normalized spacial score (nSPS) is 12.1. The number of unbranched alkanes of at least 4 members (excludes halogenated alkanes) is 33.